The zero-order chi connectivity index (χ0) is 21.6. The van der Waals surface area contributed by atoms with Crippen LogP contribution in [0.25, 0.3) is 22.0 Å². The molecule has 0 N–H and O–H groups in total. The standard InChI is InChI=1S/C21H10Cl2F3NO2S/c22-12-1-3-16-19(7-12)27-10-20(21(16)11-5-13(24)8-14(25)6-11)30(28,29)15-2-4-18(26)17(23)9-15/h1-10H. The van der Waals surface area contributed by atoms with Crippen molar-refractivity contribution in [2.75, 3.05) is 0 Å². The van der Waals surface area contributed by atoms with E-state index < -0.39 is 27.3 Å². The zero-order valence-electron chi connectivity index (χ0n) is 14.8. The van der Waals surface area contributed by atoms with E-state index in [-0.39, 0.29) is 25.9 Å². The van der Waals surface area contributed by atoms with Crippen molar-refractivity contribution in [2.24, 2.45) is 0 Å². The molecule has 9 heteroatoms. The third kappa shape index (κ3) is 3.64. The minimum absolute atomic E-state index is 0.00555. The average Bonchev–Trinajstić information content (AvgIpc) is 2.68. The number of hydrogen-bond acceptors (Lipinski definition) is 3. The molecule has 4 aromatic rings. The summed E-state index contributed by atoms with van der Waals surface area (Å²) in [5, 5.41) is 0.293. The molecule has 0 aliphatic carbocycles. The molecule has 0 spiro atoms. The number of rotatable bonds is 3. The second-order valence-corrected chi connectivity index (χ2v) is 9.16. The van der Waals surface area contributed by atoms with Crippen LogP contribution in [0, 0.1) is 17.5 Å². The van der Waals surface area contributed by atoms with E-state index in [0.29, 0.717) is 22.0 Å². The normalized spacial score (nSPS) is 11.8. The molecule has 1 heterocycles. The van der Waals surface area contributed by atoms with Crippen LogP contribution in [0.1, 0.15) is 0 Å². The molecular formula is C21H10Cl2F3NO2S. The highest BCUT2D eigenvalue weighted by atomic mass is 35.5. The van der Waals surface area contributed by atoms with E-state index in [9.17, 15) is 21.6 Å². The van der Waals surface area contributed by atoms with Crippen molar-refractivity contribution < 1.29 is 21.6 Å². The Balaban J connectivity index is 2.09. The Hall–Kier alpha value is -2.61. The molecule has 0 amide bonds. The van der Waals surface area contributed by atoms with Gasteiger partial charge in [0.25, 0.3) is 0 Å². The lowest BCUT2D eigenvalue weighted by molar-refractivity contribution is 0.583. The Labute approximate surface area is 179 Å². The summed E-state index contributed by atoms with van der Waals surface area (Å²) in [6.07, 6.45) is 1.07. The largest absolute Gasteiger partial charge is 0.255 e. The summed E-state index contributed by atoms with van der Waals surface area (Å²) in [5.74, 6) is -2.54. The van der Waals surface area contributed by atoms with Crippen LogP contribution in [-0.2, 0) is 9.84 Å². The molecule has 152 valence electrons. The van der Waals surface area contributed by atoms with Gasteiger partial charge in [0.2, 0.25) is 9.84 Å². The molecular weight excluding hydrogens is 458 g/mol. The fraction of sp³-hybridized carbons (Fsp3) is 0. The predicted molar refractivity (Wildman–Crippen MR) is 109 cm³/mol. The van der Waals surface area contributed by atoms with Crippen LogP contribution in [-0.4, -0.2) is 13.4 Å². The summed E-state index contributed by atoms with van der Waals surface area (Å²) >= 11 is 11.7. The fourth-order valence-corrected chi connectivity index (χ4v) is 4.99. The van der Waals surface area contributed by atoms with Crippen LogP contribution in [0.4, 0.5) is 13.2 Å². The van der Waals surface area contributed by atoms with Crippen molar-refractivity contribution in [3.63, 3.8) is 0 Å². The number of hydrogen-bond donors (Lipinski definition) is 0. The van der Waals surface area contributed by atoms with Gasteiger partial charge in [0.05, 0.1) is 20.3 Å². The van der Waals surface area contributed by atoms with Crippen LogP contribution in [0.3, 0.4) is 0 Å². The van der Waals surface area contributed by atoms with E-state index in [1.807, 2.05) is 0 Å². The number of halogens is 5. The Kier molecular flexibility index (Phi) is 5.22. The average molecular weight is 468 g/mol. The zero-order valence-corrected chi connectivity index (χ0v) is 17.2. The lowest BCUT2D eigenvalue weighted by Gasteiger charge is -2.14. The molecule has 30 heavy (non-hydrogen) atoms. The van der Waals surface area contributed by atoms with E-state index >= 15 is 0 Å². The van der Waals surface area contributed by atoms with Gasteiger partial charge in [-0.25, -0.2) is 21.6 Å². The van der Waals surface area contributed by atoms with Crippen molar-refractivity contribution in [3.8, 4) is 11.1 Å². The number of benzene rings is 3. The fourth-order valence-electron chi connectivity index (χ4n) is 3.12. The van der Waals surface area contributed by atoms with Crippen LogP contribution >= 0.6 is 23.2 Å². The SMILES string of the molecule is O=S(=O)(c1ccc(F)c(Cl)c1)c1cnc2cc(Cl)ccc2c1-c1cc(F)cc(F)c1. The molecule has 0 radical (unpaired) electrons. The summed E-state index contributed by atoms with van der Waals surface area (Å²) in [6.45, 7) is 0. The van der Waals surface area contributed by atoms with Gasteiger partial charge in [0.15, 0.2) is 0 Å². The highest BCUT2D eigenvalue weighted by Crippen LogP contribution is 2.38. The molecule has 0 aliphatic heterocycles. The lowest BCUT2D eigenvalue weighted by atomic mass is 10.0. The third-order valence-electron chi connectivity index (χ3n) is 4.44. The molecule has 0 saturated heterocycles. The van der Waals surface area contributed by atoms with E-state index in [4.69, 9.17) is 23.2 Å². The lowest BCUT2D eigenvalue weighted by Crippen LogP contribution is -2.06. The van der Waals surface area contributed by atoms with Crippen molar-refractivity contribution >= 4 is 43.9 Å². The third-order valence-corrected chi connectivity index (χ3v) is 6.73. The topological polar surface area (TPSA) is 47.0 Å². The Bertz CT molecular complexity index is 1410. The highest BCUT2D eigenvalue weighted by Gasteiger charge is 2.26. The van der Waals surface area contributed by atoms with Gasteiger partial charge in [0.1, 0.15) is 17.5 Å². The molecule has 0 fully saturated rings. The van der Waals surface area contributed by atoms with Crippen molar-refractivity contribution in [1.82, 2.24) is 4.98 Å². The number of aromatic nitrogens is 1. The van der Waals surface area contributed by atoms with Gasteiger partial charge in [-0.15, -0.1) is 0 Å². The van der Waals surface area contributed by atoms with Crippen molar-refractivity contribution in [1.29, 1.82) is 0 Å². The quantitative estimate of drug-likeness (QED) is 0.325. The molecule has 3 aromatic carbocycles. The molecule has 0 aliphatic rings. The summed E-state index contributed by atoms with van der Waals surface area (Å²) in [6, 6.07) is 10.2. The van der Waals surface area contributed by atoms with Crippen molar-refractivity contribution in [2.45, 2.75) is 9.79 Å². The Morgan fingerprint density at radius 1 is 0.833 bits per heavy atom. The Morgan fingerprint density at radius 3 is 2.20 bits per heavy atom. The van der Waals surface area contributed by atoms with Gasteiger partial charge in [-0.3, -0.25) is 4.98 Å². The number of nitrogens with zero attached hydrogens (tertiary/aromatic N) is 1. The van der Waals surface area contributed by atoms with Gasteiger partial charge >= 0.3 is 0 Å². The maximum Gasteiger partial charge on any atom is 0.208 e. The van der Waals surface area contributed by atoms with Gasteiger partial charge in [-0.1, -0.05) is 29.3 Å². The smallest absolute Gasteiger partial charge is 0.208 e. The van der Waals surface area contributed by atoms with E-state index in [1.54, 1.807) is 0 Å². The van der Waals surface area contributed by atoms with Crippen LogP contribution in [0.2, 0.25) is 10.0 Å². The minimum Gasteiger partial charge on any atom is -0.255 e. The first-order valence-electron chi connectivity index (χ1n) is 8.42. The van der Waals surface area contributed by atoms with Crippen molar-refractivity contribution in [3.05, 3.63) is 88.3 Å². The summed E-state index contributed by atoms with van der Waals surface area (Å²) in [4.78, 5) is 3.54. The summed E-state index contributed by atoms with van der Waals surface area (Å²) in [5.41, 5.74) is 0.364. The number of fused-ring (bicyclic) bond motifs is 1. The number of sulfone groups is 1. The molecule has 0 saturated carbocycles. The molecule has 0 bridgehead atoms. The molecule has 4 rings (SSSR count). The summed E-state index contributed by atoms with van der Waals surface area (Å²) in [7, 11) is -4.28. The molecule has 3 nitrogen and oxygen atoms in total. The van der Waals surface area contributed by atoms with Gasteiger partial charge in [-0.05, 0) is 48.0 Å². The first-order chi connectivity index (χ1) is 14.2. The first-order valence-corrected chi connectivity index (χ1v) is 10.7. The van der Waals surface area contributed by atoms with Gasteiger partial charge in [0, 0.05) is 28.2 Å². The maximum absolute atomic E-state index is 13.9. The minimum atomic E-state index is -4.28. The van der Waals surface area contributed by atoms with E-state index in [0.717, 1.165) is 36.5 Å². The maximum atomic E-state index is 13.9. The Morgan fingerprint density at radius 2 is 1.53 bits per heavy atom. The van der Waals surface area contributed by atoms with Crippen LogP contribution in [0.5, 0.6) is 0 Å². The van der Waals surface area contributed by atoms with E-state index in [2.05, 4.69) is 4.98 Å². The predicted octanol–water partition coefficient (Wildman–Crippen LogP) is 6.46. The molecule has 0 atom stereocenters. The molecule has 1 aromatic heterocycles. The van der Waals surface area contributed by atoms with Gasteiger partial charge in [-0.2, -0.15) is 0 Å². The number of pyridine rings is 1. The summed E-state index contributed by atoms with van der Waals surface area (Å²) < 4.78 is 68.1. The van der Waals surface area contributed by atoms with Crippen LogP contribution < -0.4 is 0 Å². The van der Waals surface area contributed by atoms with Gasteiger partial charge < -0.3 is 0 Å². The first kappa shape index (κ1) is 20.7. The van der Waals surface area contributed by atoms with Crippen LogP contribution in [0.15, 0.2) is 70.6 Å². The second kappa shape index (κ2) is 7.58. The highest BCUT2D eigenvalue weighted by molar-refractivity contribution is 7.91. The monoisotopic (exact) mass is 467 g/mol. The molecule has 0 unspecified atom stereocenters. The second-order valence-electron chi connectivity index (χ2n) is 6.40. The van der Waals surface area contributed by atoms with E-state index in [1.165, 1.54) is 18.2 Å².